The fourth-order valence-corrected chi connectivity index (χ4v) is 3.84. The number of amidine groups is 1. The number of nitrogens with zero attached hydrogens (tertiary/aromatic N) is 2. The van der Waals surface area contributed by atoms with Gasteiger partial charge in [-0.3, -0.25) is 14.5 Å². The van der Waals surface area contributed by atoms with Crippen LogP contribution >= 0.6 is 34.7 Å². The zero-order valence-corrected chi connectivity index (χ0v) is 14.9. The van der Waals surface area contributed by atoms with Crippen molar-refractivity contribution < 1.29 is 14.3 Å². The molecule has 0 spiro atoms. The largest absolute Gasteiger partial charge is 0.495 e. The van der Waals surface area contributed by atoms with Crippen molar-refractivity contribution in [3.05, 3.63) is 45.6 Å². The summed E-state index contributed by atoms with van der Waals surface area (Å²) in [5, 5.41) is 4.47. The number of anilines is 1. The number of rotatable bonds is 4. The van der Waals surface area contributed by atoms with E-state index in [4.69, 9.17) is 16.3 Å². The minimum Gasteiger partial charge on any atom is -0.495 e. The first kappa shape index (κ1) is 16.8. The molecule has 0 atom stereocenters. The van der Waals surface area contributed by atoms with Gasteiger partial charge >= 0.3 is 0 Å². The van der Waals surface area contributed by atoms with Crippen molar-refractivity contribution in [1.29, 1.82) is 0 Å². The number of nitrogens with one attached hydrogen (secondary N) is 1. The summed E-state index contributed by atoms with van der Waals surface area (Å²) in [6.45, 7) is 0. The number of ether oxygens (including phenoxy) is 1. The summed E-state index contributed by atoms with van der Waals surface area (Å²) in [6.07, 6.45) is 0. The molecule has 2 aromatic rings. The predicted octanol–water partition coefficient (Wildman–Crippen LogP) is 3.19. The molecule has 0 aliphatic carbocycles. The van der Waals surface area contributed by atoms with E-state index >= 15 is 0 Å². The molecule has 1 aliphatic heterocycles. The zero-order chi connectivity index (χ0) is 17.1. The van der Waals surface area contributed by atoms with E-state index in [1.54, 1.807) is 30.3 Å². The maximum atomic E-state index is 12.2. The number of carbonyl (C=O) groups is 2. The van der Waals surface area contributed by atoms with Crippen LogP contribution in [0.15, 0.2) is 41.5 Å². The Kier molecular flexibility index (Phi) is 5.08. The highest BCUT2D eigenvalue weighted by atomic mass is 35.5. The molecule has 1 aliphatic rings. The van der Waals surface area contributed by atoms with Crippen LogP contribution in [0.3, 0.4) is 0 Å². The fraction of sp³-hybridized carbons (Fsp3) is 0.133. The smallest absolute Gasteiger partial charge is 0.281 e. The van der Waals surface area contributed by atoms with Crippen LogP contribution in [-0.2, 0) is 4.79 Å². The fourth-order valence-electron chi connectivity index (χ4n) is 2.09. The molecule has 2 amide bonds. The average Bonchev–Trinajstić information content (AvgIpc) is 3.18. The standard InChI is InChI=1S/C15H12ClN3O3S2/c1-22-10-5-3-2-4-9(10)19-13(20)8-23-15(19)18-17-14(21)11-6-7-12(16)24-11/h2-7H,8H2,1H3,(H,17,21)/b18-15-. The highest BCUT2D eigenvalue weighted by Crippen LogP contribution is 2.33. The number of hydrogen-bond acceptors (Lipinski definition) is 6. The first-order chi connectivity index (χ1) is 11.6. The van der Waals surface area contributed by atoms with Crippen LogP contribution in [0.1, 0.15) is 9.67 Å². The quantitative estimate of drug-likeness (QED) is 0.825. The van der Waals surface area contributed by atoms with E-state index in [-0.39, 0.29) is 17.6 Å². The van der Waals surface area contributed by atoms with Gasteiger partial charge in [0.1, 0.15) is 5.75 Å². The molecular weight excluding hydrogens is 370 g/mol. The summed E-state index contributed by atoms with van der Waals surface area (Å²) >= 11 is 8.23. The number of benzene rings is 1. The number of halogens is 1. The van der Waals surface area contributed by atoms with E-state index in [2.05, 4.69) is 10.5 Å². The topological polar surface area (TPSA) is 71.0 Å². The summed E-state index contributed by atoms with van der Waals surface area (Å²) in [4.78, 5) is 26.2. The van der Waals surface area contributed by atoms with Crippen molar-refractivity contribution in [2.45, 2.75) is 0 Å². The minimum absolute atomic E-state index is 0.128. The van der Waals surface area contributed by atoms with Crippen LogP contribution in [0, 0.1) is 0 Å². The predicted molar refractivity (Wildman–Crippen MR) is 97.2 cm³/mol. The van der Waals surface area contributed by atoms with Gasteiger partial charge in [-0.2, -0.15) is 0 Å². The summed E-state index contributed by atoms with van der Waals surface area (Å²) in [5.74, 6) is 0.297. The summed E-state index contributed by atoms with van der Waals surface area (Å²) < 4.78 is 5.82. The Morgan fingerprint density at radius 3 is 2.83 bits per heavy atom. The number of hydrazone groups is 1. The van der Waals surface area contributed by atoms with Crippen LogP contribution in [0.4, 0.5) is 5.69 Å². The number of thioether (sulfide) groups is 1. The molecule has 24 heavy (non-hydrogen) atoms. The van der Waals surface area contributed by atoms with Gasteiger partial charge in [-0.25, -0.2) is 5.43 Å². The van der Waals surface area contributed by atoms with Crippen LogP contribution in [0.25, 0.3) is 0 Å². The minimum atomic E-state index is -0.376. The molecule has 1 fully saturated rings. The van der Waals surface area contributed by atoms with Gasteiger partial charge < -0.3 is 4.74 Å². The van der Waals surface area contributed by atoms with Crippen molar-refractivity contribution >= 4 is 57.4 Å². The van der Waals surface area contributed by atoms with Gasteiger partial charge in [0.25, 0.3) is 5.91 Å². The van der Waals surface area contributed by atoms with E-state index in [0.29, 0.717) is 25.8 Å². The molecule has 9 heteroatoms. The molecule has 124 valence electrons. The molecule has 1 aromatic carbocycles. The molecule has 1 aromatic heterocycles. The monoisotopic (exact) mass is 381 g/mol. The van der Waals surface area contributed by atoms with Crippen LogP contribution in [0.2, 0.25) is 4.34 Å². The molecule has 0 radical (unpaired) electrons. The molecule has 3 rings (SSSR count). The van der Waals surface area contributed by atoms with Crippen LogP contribution < -0.4 is 15.1 Å². The Morgan fingerprint density at radius 1 is 1.33 bits per heavy atom. The Bertz CT molecular complexity index is 822. The van der Waals surface area contributed by atoms with Crippen molar-refractivity contribution in [1.82, 2.24) is 5.43 Å². The third-order valence-corrected chi connectivity index (χ3v) is 5.29. The number of carbonyl (C=O) groups excluding carboxylic acids is 2. The zero-order valence-electron chi connectivity index (χ0n) is 12.5. The third kappa shape index (κ3) is 3.40. The van der Waals surface area contributed by atoms with Crippen LogP contribution in [0.5, 0.6) is 5.75 Å². The van der Waals surface area contributed by atoms with Gasteiger partial charge in [0.05, 0.1) is 27.8 Å². The molecule has 6 nitrogen and oxygen atoms in total. The molecular formula is C15H12ClN3O3S2. The van der Waals surface area contributed by atoms with E-state index < -0.39 is 0 Å². The maximum Gasteiger partial charge on any atom is 0.281 e. The summed E-state index contributed by atoms with van der Waals surface area (Å²) in [6, 6.07) is 10.4. The summed E-state index contributed by atoms with van der Waals surface area (Å²) in [5.41, 5.74) is 3.04. The second-order valence-electron chi connectivity index (χ2n) is 4.63. The number of amides is 2. The normalized spacial score (nSPS) is 15.8. The van der Waals surface area contributed by atoms with E-state index in [9.17, 15) is 9.59 Å². The lowest BCUT2D eigenvalue weighted by atomic mass is 10.2. The van der Waals surface area contributed by atoms with Gasteiger partial charge in [-0.15, -0.1) is 16.4 Å². The molecule has 0 unspecified atom stereocenters. The molecule has 2 heterocycles. The van der Waals surface area contributed by atoms with Crippen molar-refractivity contribution in [2.24, 2.45) is 5.10 Å². The second kappa shape index (κ2) is 7.25. The van der Waals surface area contributed by atoms with E-state index in [1.807, 2.05) is 6.07 Å². The number of hydrogen-bond donors (Lipinski definition) is 1. The highest BCUT2D eigenvalue weighted by molar-refractivity contribution is 8.15. The first-order valence-corrected chi connectivity index (χ1v) is 9.00. The van der Waals surface area contributed by atoms with Gasteiger partial charge in [0.15, 0.2) is 5.17 Å². The number of para-hydroxylation sites is 2. The van der Waals surface area contributed by atoms with Crippen molar-refractivity contribution in [3.8, 4) is 5.75 Å². The lowest BCUT2D eigenvalue weighted by molar-refractivity contribution is -0.115. The molecule has 1 saturated heterocycles. The number of thiophene rings is 1. The molecule has 0 saturated carbocycles. The maximum absolute atomic E-state index is 12.2. The Morgan fingerprint density at radius 2 is 2.12 bits per heavy atom. The summed E-state index contributed by atoms with van der Waals surface area (Å²) in [7, 11) is 1.53. The van der Waals surface area contributed by atoms with Crippen molar-refractivity contribution in [3.63, 3.8) is 0 Å². The Labute approximate surface area is 151 Å². The van der Waals surface area contributed by atoms with Gasteiger partial charge in [0, 0.05) is 0 Å². The van der Waals surface area contributed by atoms with Crippen molar-refractivity contribution in [2.75, 3.05) is 17.8 Å². The first-order valence-electron chi connectivity index (χ1n) is 6.82. The third-order valence-electron chi connectivity index (χ3n) is 3.14. The average molecular weight is 382 g/mol. The number of methoxy groups -OCH3 is 1. The molecule has 0 bridgehead atoms. The van der Waals surface area contributed by atoms with E-state index in [1.165, 1.54) is 23.8 Å². The molecule has 1 N–H and O–H groups in total. The second-order valence-corrected chi connectivity index (χ2v) is 7.29. The Hall–Kier alpha value is -2.03. The Balaban J connectivity index is 1.84. The van der Waals surface area contributed by atoms with Gasteiger partial charge in [-0.1, -0.05) is 35.5 Å². The van der Waals surface area contributed by atoms with Crippen LogP contribution in [-0.4, -0.2) is 29.8 Å². The SMILES string of the molecule is COc1ccccc1N1C(=O)CS/C1=N\NC(=O)c1ccc(Cl)s1. The lowest BCUT2D eigenvalue weighted by Gasteiger charge is -2.18. The van der Waals surface area contributed by atoms with E-state index in [0.717, 1.165) is 11.3 Å². The van der Waals surface area contributed by atoms with Gasteiger partial charge in [0.2, 0.25) is 5.91 Å². The van der Waals surface area contributed by atoms with Gasteiger partial charge in [-0.05, 0) is 24.3 Å². The highest BCUT2D eigenvalue weighted by Gasteiger charge is 2.32. The lowest BCUT2D eigenvalue weighted by Crippen LogP contribution is -2.31.